The van der Waals surface area contributed by atoms with Crippen LogP contribution in [0.15, 0.2) is 0 Å². The van der Waals surface area contributed by atoms with Gasteiger partial charge in [0.15, 0.2) is 0 Å². The van der Waals surface area contributed by atoms with Crippen molar-refractivity contribution in [3.05, 3.63) is 0 Å². The van der Waals surface area contributed by atoms with Crippen LogP contribution in [0.1, 0.15) is 6.92 Å². The largest absolute Gasteiger partial charge is 0.480 e. The molecule has 1 fully saturated rings. The molecule has 0 aliphatic carbocycles. The van der Waals surface area contributed by atoms with Crippen molar-refractivity contribution in [2.24, 2.45) is 0 Å². The van der Waals surface area contributed by atoms with E-state index in [1.54, 1.807) is 21.6 Å². The molecule has 1 saturated heterocycles. The second-order valence-electron chi connectivity index (χ2n) is 7.16. The predicted octanol–water partition coefficient (Wildman–Crippen LogP) is -2.16. The van der Waals surface area contributed by atoms with E-state index in [1.165, 1.54) is 0 Å². The molecule has 1 heterocycles. The van der Waals surface area contributed by atoms with Crippen molar-refractivity contribution >= 4 is 17.9 Å². The van der Waals surface area contributed by atoms with E-state index < -0.39 is 24.0 Å². The van der Waals surface area contributed by atoms with E-state index in [4.69, 9.17) is 15.3 Å². The fraction of sp³-hybridized carbons (Fsp3) is 0.824. The molecule has 1 unspecified atom stereocenters. The van der Waals surface area contributed by atoms with E-state index in [1.807, 2.05) is 4.90 Å². The Morgan fingerprint density at radius 2 is 0.897 bits per heavy atom. The molecule has 11 nitrogen and oxygen atoms in total. The summed E-state index contributed by atoms with van der Waals surface area (Å²) in [6.45, 7) is 5.10. The Bertz CT molecular complexity index is 492. The number of carboxylic acid groups (broad SMARTS) is 3. The molecule has 29 heavy (non-hydrogen) atoms. The minimum atomic E-state index is -0.982. The molecule has 1 aliphatic heterocycles. The topological polar surface area (TPSA) is 145 Å². The van der Waals surface area contributed by atoms with Crippen LogP contribution < -0.4 is 0 Å². The van der Waals surface area contributed by atoms with E-state index in [-0.39, 0.29) is 59.6 Å². The van der Waals surface area contributed by atoms with E-state index >= 15 is 0 Å². The Morgan fingerprint density at radius 1 is 0.655 bits per heavy atom. The summed E-state index contributed by atoms with van der Waals surface area (Å²) in [5.41, 5.74) is 0. The number of aliphatic carboxylic acids is 3. The van der Waals surface area contributed by atoms with Gasteiger partial charge in [-0.2, -0.15) is 0 Å². The van der Waals surface area contributed by atoms with Crippen LogP contribution in [0.3, 0.4) is 0 Å². The van der Waals surface area contributed by atoms with Crippen LogP contribution in [0.5, 0.6) is 0 Å². The molecule has 0 amide bonds. The quantitative estimate of drug-likeness (QED) is 0.259. The third-order valence-electron chi connectivity index (χ3n) is 4.53. The molecule has 1 atom stereocenters. The van der Waals surface area contributed by atoms with E-state index in [0.717, 1.165) is 0 Å². The van der Waals surface area contributed by atoms with E-state index in [2.05, 4.69) is 0 Å². The summed E-state index contributed by atoms with van der Waals surface area (Å²) < 4.78 is 0. The van der Waals surface area contributed by atoms with Crippen LogP contribution in [0, 0.1) is 39.9 Å². The van der Waals surface area contributed by atoms with Gasteiger partial charge in [-0.1, -0.05) is 0 Å². The maximum Gasteiger partial charge on any atom is 0.317 e. The smallest absolute Gasteiger partial charge is 0.317 e. The number of aliphatic hydroxyl groups is 1. The molecule has 1 aliphatic rings. The van der Waals surface area contributed by atoms with Crippen LogP contribution in [-0.4, -0.2) is 143 Å². The summed E-state index contributed by atoms with van der Waals surface area (Å²) in [6, 6.07) is 0. The summed E-state index contributed by atoms with van der Waals surface area (Å²) in [7, 11) is 0. The SMILES string of the molecule is CC(O)CN1CCN(CC(=O)O)CCN(CC(=O)O)CCN(CC(=O)O)CC1.[153Gd]. The molecular formula is C17H32GdN4O7. The Balaban J connectivity index is 0.00000784. The number of nitrogens with zero attached hydrogens (tertiary/aromatic N) is 4. The Labute approximate surface area is 202 Å². The van der Waals surface area contributed by atoms with Gasteiger partial charge in [0.05, 0.1) is 25.7 Å². The number of rotatable bonds is 8. The maximum absolute atomic E-state index is 11.1. The second-order valence-corrected chi connectivity index (χ2v) is 7.16. The zero-order valence-corrected chi connectivity index (χ0v) is 19.0. The first-order valence-electron chi connectivity index (χ1n) is 9.38. The Kier molecular flexibility index (Phi) is 15.1. The molecule has 0 bridgehead atoms. The molecule has 0 spiro atoms. The monoisotopic (exact) mass is 557 g/mol. The zero-order valence-electron chi connectivity index (χ0n) is 16.7. The number of aliphatic hydroxyl groups excluding tert-OH is 1. The minimum absolute atomic E-state index is 0. The average molecular weight is 557 g/mol. The van der Waals surface area contributed by atoms with Crippen molar-refractivity contribution < 1.29 is 74.8 Å². The minimum Gasteiger partial charge on any atom is -0.480 e. The molecular weight excluding hydrogens is 525 g/mol. The van der Waals surface area contributed by atoms with Gasteiger partial charge in [-0.15, -0.1) is 0 Å². The van der Waals surface area contributed by atoms with Crippen LogP contribution in [-0.2, 0) is 14.4 Å². The molecule has 0 radical (unpaired) electrons. The van der Waals surface area contributed by atoms with Crippen molar-refractivity contribution in [3.8, 4) is 0 Å². The summed E-state index contributed by atoms with van der Waals surface area (Å²) in [4.78, 5) is 40.6. The third kappa shape index (κ3) is 14.2. The van der Waals surface area contributed by atoms with Crippen LogP contribution in [0.2, 0.25) is 0 Å². The third-order valence-corrected chi connectivity index (χ3v) is 4.53. The van der Waals surface area contributed by atoms with Crippen molar-refractivity contribution in [2.45, 2.75) is 13.0 Å². The van der Waals surface area contributed by atoms with Gasteiger partial charge in [-0.3, -0.25) is 34.0 Å². The number of β-amino-alcohol motifs (C(OH)–C–C–N with tert-alkyl or cyclic N) is 1. The van der Waals surface area contributed by atoms with Crippen molar-refractivity contribution in [1.82, 2.24) is 19.6 Å². The van der Waals surface area contributed by atoms with E-state index in [9.17, 15) is 19.5 Å². The molecule has 4 N–H and O–H groups in total. The standard InChI is InChI=1S/C17H32N4O7.Gd/c1-14(22)10-18-2-4-19(11-15(23)24)6-8-21(13-17(27)28)9-7-20(5-3-18)12-16(25)26;/h14,22H,2-13H2,1H3,(H,23,24)(H,25,26)(H,27,28);/i;1-4. The van der Waals surface area contributed by atoms with Crippen molar-refractivity contribution in [1.29, 1.82) is 0 Å². The average Bonchev–Trinajstić information content (AvgIpc) is 2.55. The van der Waals surface area contributed by atoms with Gasteiger partial charge in [0.1, 0.15) is 0 Å². The summed E-state index contributed by atoms with van der Waals surface area (Å²) in [5, 5.41) is 37.1. The predicted molar refractivity (Wildman–Crippen MR) is 100 cm³/mol. The molecule has 0 aromatic carbocycles. The molecule has 1 rings (SSSR count). The second kappa shape index (κ2) is 15.4. The fourth-order valence-electron chi connectivity index (χ4n) is 3.18. The molecule has 12 heteroatoms. The van der Waals surface area contributed by atoms with Crippen LogP contribution in [0.4, 0.5) is 0 Å². The zero-order chi connectivity index (χ0) is 21.1. The molecule has 0 aromatic heterocycles. The summed E-state index contributed by atoms with van der Waals surface area (Å²) >= 11 is 0. The van der Waals surface area contributed by atoms with Crippen LogP contribution >= 0.6 is 0 Å². The normalized spacial score (nSPS) is 20.1. The van der Waals surface area contributed by atoms with Gasteiger partial charge in [-0.05, 0) is 6.92 Å². The number of carbonyl (C=O) groups is 3. The van der Waals surface area contributed by atoms with Crippen LogP contribution in [0.25, 0.3) is 0 Å². The van der Waals surface area contributed by atoms with Gasteiger partial charge in [0.25, 0.3) is 0 Å². The molecule has 0 aromatic rings. The Hall–Kier alpha value is -0.465. The Morgan fingerprint density at radius 3 is 1.10 bits per heavy atom. The number of hydrogen-bond acceptors (Lipinski definition) is 8. The van der Waals surface area contributed by atoms with Gasteiger partial charge in [0.2, 0.25) is 0 Å². The van der Waals surface area contributed by atoms with Crippen molar-refractivity contribution in [3.63, 3.8) is 0 Å². The van der Waals surface area contributed by atoms with E-state index in [0.29, 0.717) is 58.9 Å². The van der Waals surface area contributed by atoms with Gasteiger partial charge < -0.3 is 20.4 Å². The van der Waals surface area contributed by atoms with Crippen molar-refractivity contribution in [2.75, 3.05) is 78.5 Å². The molecule has 170 valence electrons. The summed E-state index contributed by atoms with van der Waals surface area (Å²) in [6.07, 6.45) is -0.556. The fourth-order valence-corrected chi connectivity index (χ4v) is 3.18. The maximum atomic E-state index is 11.1. The first-order valence-corrected chi connectivity index (χ1v) is 9.38. The first kappa shape index (κ1) is 28.5. The van der Waals surface area contributed by atoms with Gasteiger partial charge in [-0.25, -0.2) is 0 Å². The van der Waals surface area contributed by atoms with Gasteiger partial charge in [0, 0.05) is 98.8 Å². The van der Waals surface area contributed by atoms with Gasteiger partial charge >= 0.3 is 17.9 Å². The number of carboxylic acids is 3. The summed E-state index contributed by atoms with van der Waals surface area (Å²) in [5.74, 6) is -2.89. The first-order chi connectivity index (χ1) is 13.2. The number of hydrogen-bond donors (Lipinski definition) is 4. The molecule has 0 saturated carbocycles.